The number of aryl methyl sites for hydroxylation is 2. The lowest BCUT2D eigenvalue weighted by molar-refractivity contribution is 0.601. The number of fused-ring (bicyclic) bond motifs is 1. The van der Waals surface area contributed by atoms with Crippen molar-refractivity contribution in [3.8, 4) is 0 Å². The summed E-state index contributed by atoms with van der Waals surface area (Å²) in [6.07, 6.45) is 1.55. The highest BCUT2D eigenvalue weighted by atomic mass is 32.2. The number of benzene rings is 1. The van der Waals surface area contributed by atoms with Gasteiger partial charge in [-0.2, -0.15) is 0 Å². The molecular formula is C19H17N5O2S2. The van der Waals surface area contributed by atoms with Crippen molar-refractivity contribution in [2.24, 2.45) is 0 Å². The van der Waals surface area contributed by atoms with Crippen molar-refractivity contribution in [1.82, 2.24) is 15.0 Å². The van der Waals surface area contributed by atoms with E-state index >= 15 is 0 Å². The molecule has 0 fully saturated rings. The molecule has 3 heterocycles. The van der Waals surface area contributed by atoms with Crippen LogP contribution in [0.15, 0.2) is 58.9 Å². The molecule has 4 rings (SSSR count). The fourth-order valence-corrected chi connectivity index (χ4v) is 4.54. The zero-order chi connectivity index (χ0) is 19.7. The SMILES string of the molecule is Cc1ccc2c(Nc3ccc(S(=O)(=O)Nc4nccs4)cc3)cc(C)nc2n1. The number of pyridine rings is 2. The van der Waals surface area contributed by atoms with E-state index in [1.807, 2.05) is 32.0 Å². The maximum absolute atomic E-state index is 12.4. The second kappa shape index (κ2) is 7.17. The molecule has 4 aromatic rings. The molecule has 0 saturated heterocycles. The third kappa shape index (κ3) is 3.80. The molecule has 28 heavy (non-hydrogen) atoms. The minimum Gasteiger partial charge on any atom is -0.355 e. The molecule has 0 bridgehead atoms. The first-order valence-corrected chi connectivity index (χ1v) is 10.8. The van der Waals surface area contributed by atoms with Crippen LogP contribution in [0.1, 0.15) is 11.4 Å². The molecule has 9 heteroatoms. The van der Waals surface area contributed by atoms with Crippen LogP contribution in [0.3, 0.4) is 0 Å². The van der Waals surface area contributed by atoms with Gasteiger partial charge in [-0.15, -0.1) is 11.3 Å². The number of hydrogen-bond donors (Lipinski definition) is 2. The van der Waals surface area contributed by atoms with Crippen LogP contribution in [0, 0.1) is 13.8 Å². The van der Waals surface area contributed by atoms with Gasteiger partial charge in [0.05, 0.1) is 10.6 Å². The first-order valence-electron chi connectivity index (χ1n) is 8.45. The lowest BCUT2D eigenvalue weighted by Gasteiger charge is -2.12. The average Bonchev–Trinajstić information content (AvgIpc) is 3.14. The summed E-state index contributed by atoms with van der Waals surface area (Å²) in [4.78, 5) is 13.1. The first kappa shape index (κ1) is 18.3. The normalized spacial score (nSPS) is 11.5. The summed E-state index contributed by atoms with van der Waals surface area (Å²) >= 11 is 1.23. The third-order valence-corrected chi connectivity index (χ3v) is 6.21. The summed E-state index contributed by atoms with van der Waals surface area (Å²) < 4.78 is 27.3. The maximum Gasteiger partial charge on any atom is 0.263 e. The Morgan fingerprint density at radius 2 is 1.71 bits per heavy atom. The van der Waals surface area contributed by atoms with Crippen molar-refractivity contribution in [1.29, 1.82) is 0 Å². The Morgan fingerprint density at radius 1 is 0.964 bits per heavy atom. The van der Waals surface area contributed by atoms with Gasteiger partial charge in [0.1, 0.15) is 0 Å². The molecule has 0 atom stereocenters. The number of rotatable bonds is 5. The predicted molar refractivity (Wildman–Crippen MR) is 112 cm³/mol. The Balaban J connectivity index is 1.61. The molecular weight excluding hydrogens is 394 g/mol. The van der Waals surface area contributed by atoms with E-state index in [0.717, 1.165) is 28.1 Å². The Kier molecular flexibility index (Phi) is 4.70. The van der Waals surface area contributed by atoms with Crippen molar-refractivity contribution in [2.45, 2.75) is 18.7 Å². The molecule has 0 radical (unpaired) electrons. The van der Waals surface area contributed by atoms with Crippen LogP contribution >= 0.6 is 11.3 Å². The molecule has 7 nitrogen and oxygen atoms in total. The van der Waals surface area contributed by atoms with Gasteiger partial charge in [-0.05, 0) is 56.3 Å². The first-order chi connectivity index (χ1) is 13.4. The minimum atomic E-state index is -3.67. The highest BCUT2D eigenvalue weighted by Gasteiger charge is 2.15. The molecule has 3 aromatic heterocycles. The number of anilines is 3. The van der Waals surface area contributed by atoms with Crippen LogP contribution in [0.4, 0.5) is 16.5 Å². The lowest BCUT2D eigenvalue weighted by atomic mass is 10.2. The van der Waals surface area contributed by atoms with Crippen molar-refractivity contribution < 1.29 is 8.42 Å². The summed E-state index contributed by atoms with van der Waals surface area (Å²) in [6.45, 7) is 3.84. The van der Waals surface area contributed by atoms with E-state index in [0.29, 0.717) is 10.8 Å². The van der Waals surface area contributed by atoms with Gasteiger partial charge < -0.3 is 5.32 Å². The Labute approximate surface area is 166 Å². The minimum absolute atomic E-state index is 0.168. The maximum atomic E-state index is 12.4. The second-order valence-corrected chi connectivity index (χ2v) is 8.80. The number of sulfonamides is 1. The molecule has 0 aliphatic rings. The van der Waals surface area contributed by atoms with Gasteiger partial charge in [-0.25, -0.2) is 23.4 Å². The topological polar surface area (TPSA) is 96.9 Å². The Bertz CT molecular complexity index is 1230. The van der Waals surface area contributed by atoms with Crippen LogP contribution in [-0.4, -0.2) is 23.4 Å². The fraction of sp³-hybridized carbons (Fsp3) is 0.105. The van der Waals surface area contributed by atoms with E-state index < -0.39 is 10.0 Å². The molecule has 0 aliphatic carbocycles. The zero-order valence-electron chi connectivity index (χ0n) is 15.2. The predicted octanol–water partition coefficient (Wildman–Crippen LogP) is 4.25. The molecule has 0 spiro atoms. The number of nitrogens with zero attached hydrogens (tertiary/aromatic N) is 3. The van der Waals surface area contributed by atoms with Crippen molar-refractivity contribution >= 4 is 48.9 Å². The van der Waals surface area contributed by atoms with Crippen LogP contribution in [0.2, 0.25) is 0 Å². The van der Waals surface area contributed by atoms with Crippen molar-refractivity contribution in [3.63, 3.8) is 0 Å². The standard InChI is InChI=1S/C19H17N5O2S2/c1-12-3-8-16-17(11-13(2)22-18(16)21-12)23-14-4-6-15(7-5-14)28(25,26)24-19-20-9-10-27-19/h3-11H,1-2H3,(H,20,24)(H,21,22,23). The summed E-state index contributed by atoms with van der Waals surface area (Å²) in [7, 11) is -3.67. The molecule has 1 aromatic carbocycles. The van der Waals surface area contributed by atoms with Gasteiger partial charge in [0.25, 0.3) is 10.0 Å². The summed E-state index contributed by atoms with van der Waals surface area (Å²) in [6, 6.07) is 12.4. The molecule has 0 aliphatic heterocycles. The summed E-state index contributed by atoms with van der Waals surface area (Å²) in [5.41, 5.74) is 4.06. The van der Waals surface area contributed by atoms with E-state index in [-0.39, 0.29) is 4.90 Å². The van der Waals surface area contributed by atoms with Gasteiger partial charge in [0.2, 0.25) is 0 Å². The monoisotopic (exact) mass is 411 g/mol. The Morgan fingerprint density at radius 3 is 2.43 bits per heavy atom. The van der Waals surface area contributed by atoms with Gasteiger partial charge in [-0.1, -0.05) is 0 Å². The largest absolute Gasteiger partial charge is 0.355 e. The van der Waals surface area contributed by atoms with Gasteiger partial charge in [0, 0.05) is 34.0 Å². The number of hydrogen-bond acceptors (Lipinski definition) is 7. The molecule has 142 valence electrons. The van der Waals surface area contributed by atoms with Crippen molar-refractivity contribution in [3.05, 3.63) is 65.4 Å². The van der Waals surface area contributed by atoms with Gasteiger partial charge in [-0.3, -0.25) is 4.72 Å². The van der Waals surface area contributed by atoms with Crippen molar-refractivity contribution in [2.75, 3.05) is 10.0 Å². The number of thiazole rings is 1. The smallest absolute Gasteiger partial charge is 0.263 e. The molecule has 2 N–H and O–H groups in total. The highest BCUT2D eigenvalue weighted by Crippen LogP contribution is 2.27. The lowest BCUT2D eigenvalue weighted by Crippen LogP contribution is -2.12. The van der Waals surface area contributed by atoms with Crippen LogP contribution in [-0.2, 0) is 10.0 Å². The number of aromatic nitrogens is 3. The molecule has 0 saturated carbocycles. The van der Waals surface area contributed by atoms with Gasteiger partial charge >= 0.3 is 0 Å². The molecule has 0 amide bonds. The summed E-state index contributed by atoms with van der Waals surface area (Å²) in [5.74, 6) is 0. The van der Waals surface area contributed by atoms with E-state index in [1.165, 1.54) is 11.3 Å². The average molecular weight is 412 g/mol. The second-order valence-electron chi connectivity index (χ2n) is 6.23. The Hall–Kier alpha value is -3.04. The third-order valence-electron chi connectivity index (χ3n) is 4.04. The van der Waals surface area contributed by atoms with Crippen LogP contribution < -0.4 is 10.0 Å². The summed E-state index contributed by atoms with van der Waals surface area (Å²) in [5, 5.41) is 6.27. The van der Waals surface area contributed by atoms with Crippen LogP contribution in [0.25, 0.3) is 11.0 Å². The van der Waals surface area contributed by atoms with E-state index in [9.17, 15) is 8.42 Å². The quantitative estimate of drug-likeness (QED) is 0.510. The van der Waals surface area contributed by atoms with E-state index in [1.54, 1.807) is 35.8 Å². The van der Waals surface area contributed by atoms with E-state index in [2.05, 4.69) is 25.0 Å². The highest BCUT2D eigenvalue weighted by molar-refractivity contribution is 7.93. The zero-order valence-corrected chi connectivity index (χ0v) is 16.8. The van der Waals surface area contributed by atoms with Crippen LogP contribution in [0.5, 0.6) is 0 Å². The number of nitrogens with one attached hydrogen (secondary N) is 2. The fourth-order valence-electron chi connectivity index (χ4n) is 2.75. The van der Waals surface area contributed by atoms with Gasteiger partial charge in [0.15, 0.2) is 10.8 Å². The molecule has 0 unspecified atom stereocenters. The van der Waals surface area contributed by atoms with E-state index in [4.69, 9.17) is 0 Å².